The Morgan fingerprint density at radius 2 is 1.59 bits per heavy atom. The van der Waals surface area contributed by atoms with Crippen LogP contribution in [0.15, 0.2) is 41.3 Å². The van der Waals surface area contributed by atoms with E-state index < -0.39 is 22.8 Å². The van der Waals surface area contributed by atoms with E-state index in [4.69, 9.17) is 0 Å². The van der Waals surface area contributed by atoms with Crippen molar-refractivity contribution in [3.05, 3.63) is 58.0 Å². The van der Waals surface area contributed by atoms with Gasteiger partial charge in [-0.2, -0.15) is 13.2 Å². The van der Waals surface area contributed by atoms with Crippen molar-refractivity contribution in [2.24, 2.45) is 0 Å². The largest absolute Gasteiger partial charge is 0.417 e. The van der Waals surface area contributed by atoms with E-state index in [2.05, 4.69) is 0 Å². The number of hydrogen-bond acceptors (Lipinski definition) is 1. The van der Waals surface area contributed by atoms with Crippen LogP contribution in [0.4, 0.5) is 13.2 Å². The maximum Gasteiger partial charge on any atom is 0.417 e. The second kappa shape index (κ2) is 5.30. The molecule has 2 aromatic rings. The molecule has 118 valence electrons. The lowest BCUT2D eigenvalue weighted by molar-refractivity contribution is -0.137. The van der Waals surface area contributed by atoms with Crippen molar-refractivity contribution in [2.75, 3.05) is 0 Å². The predicted octanol–water partition coefficient (Wildman–Crippen LogP) is 4.60. The summed E-state index contributed by atoms with van der Waals surface area (Å²) in [6, 6.07) is 7.60. The number of aryl methyl sites for hydroxylation is 1. The monoisotopic (exact) mass is 309 g/mol. The fraction of sp³-hybridized carbons (Fsp3) is 0.353. The number of aromatic nitrogens is 1. The number of pyridine rings is 1. The number of rotatable bonds is 1. The van der Waals surface area contributed by atoms with Gasteiger partial charge in [0.25, 0.3) is 5.56 Å². The third-order valence-corrected chi connectivity index (χ3v) is 3.53. The quantitative estimate of drug-likeness (QED) is 0.754. The standard InChI is InChI=1S/C17H18F3NO/c1-11-7-5-6-8-12(11)14-13(17(18,19)20)9-10-21(15(14)22)16(2,3)4/h5-10H,1-4H3. The minimum atomic E-state index is -4.58. The summed E-state index contributed by atoms with van der Waals surface area (Å²) in [5.41, 5.74) is -1.46. The first-order valence-corrected chi connectivity index (χ1v) is 6.93. The van der Waals surface area contributed by atoms with E-state index in [-0.39, 0.29) is 5.56 Å². The Balaban J connectivity index is 2.90. The second-order valence-electron chi connectivity index (χ2n) is 6.26. The summed E-state index contributed by atoms with van der Waals surface area (Å²) in [7, 11) is 0. The van der Waals surface area contributed by atoms with Crippen LogP contribution < -0.4 is 5.56 Å². The fourth-order valence-corrected chi connectivity index (χ4v) is 2.41. The zero-order valence-corrected chi connectivity index (χ0v) is 13.0. The molecule has 0 N–H and O–H groups in total. The maximum absolute atomic E-state index is 13.3. The van der Waals surface area contributed by atoms with Crippen molar-refractivity contribution in [3.63, 3.8) is 0 Å². The van der Waals surface area contributed by atoms with Gasteiger partial charge in [0, 0.05) is 11.7 Å². The van der Waals surface area contributed by atoms with Gasteiger partial charge in [-0.1, -0.05) is 24.3 Å². The number of hydrogen-bond donors (Lipinski definition) is 0. The Labute approximate surface area is 127 Å². The van der Waals surface area contributed by atoms with Gasteiger partial charge in [-0.15, -0.1) is 0 Å². The number of halogens is 3. The Bertz CT molecular complexity index is 752. The summed E-state index contributed by atoms with van der Waals surface area (Å²) in [5.74, 6) is 0. The molecular formula is C17H18F3NO. The molecule has 0 fully saturated rings. The molecule has 0 aliphatic rings. The molecule has 0 bridgehead atoms. The van der Waals surface area contributed by atoms with Gasteiger partial charge in [-0.25, -0.2) is 0 Å². The van der Waals surface area contributed by atoms with Crippen LogP contribution in [0.1, 0.15) is 31.9 Å². The highest BCUT2D eigenvalue weighted by atomic mass is 19.4. The van der Waals surface area contributed by atoms with Crippen molar-refractivity contribution in [2.45, 2.75) is 39.4 Å². The van der Waals surface area contributed by atoms with E-state index in [1.165, 1.54) is 10.8 Å². The lowest BCUT2D eigenvalue weighted by Gasteiger charge is -2.25. The van der Waals surface area contributed by atoms with Crippen LogP contribution in [0.3, 0.4) is 0 Å². The van der Waals surface area contributed by atoms with E-state index >= 15 is 0 Å². The molecule has 1 heterocycles. The molecule has 2 nitrogen and oxygen atoms in total. The average Bonchev–Trinajstić information content (AvgIpc) is 2.37. The van der Waals surface area contributed by atoms with E-state index in [1.807, 2.05) is 0 Å². The second-order valence-corrected chi connectivity index (χ2v) is 6.26. The smallest absolute Gasteiger partial charge is 0.310 e. The van der Waals surface area contributed by atoms with Crippen molar-refractivity contribution < 1.29 is 13.2 Å². The first-order chi connectivity index (χ1) is 10.0. The summed E-state index contributed by atoms with van der Waals surface area (Å²) in [4.78, 5) is 12.7. The summed E-state index contributed by atoms with van der Waals surface area (Å²) < 4.78 is 41.3. The lowest BCUT2D eigenvalue weighted by Crippen LogP contribution is -2.35. The zero-order chi connectivity index (χ0) is 16.7. The Morgan fingerprint density at radius 1 is 1.00 bits per heavy atom. The van der Waals surface area contributed by atoms with Crippen LogP contribution in [0.2, 0.25) is 0 Å². The summed E-state index contributed by atoms with van der Waals surface area (Å²) in [6.45, 7) is 7.04. The van der Waals surface area contributed by atoms with Gasteiger partial charge in [0.2, 0.25) is 0 Å². The zero-order valence-electron chi connectivity index (χ0n) is 13.0. The van der Waals surface area contributed by atoms with Crippen molar-refractivity contribution in [3.8, 4) is 11.1 Å². The lowest BCUT2D eigenvalue weighted by atomic mass is 9.96. The highest BCUT2D eigenvalue weighted by Gasteiger charge is 2.36. The molecule has 0 radical (unpaired) electrons. The summed E-state index contributed by atoms with van der Waals surface area (Å²) >= 11 is 0. The topological polar surface area (TPSA) is 22.0 Å². The molecule has 0 atom stereocenters. The molecule has 0 amide bonds. The van der Waals surface area contributed by atoms with E-state index in [0.29, 0.717) is 11.1 Å². The van der Waals surface area contributed by atoms with Gasteiger partial charge in [0.15, 0.2) is 0 Å². The molecule has 0 saturated carbocycles. The molecule has 0 aliphatic heterocycles. The summed E-state index contributed by atoms with van der Waals surface area (Å²) in [5, 5.41) is 0. The molecule has 5 heteroatoms. The Kier molecular flexibility index (Phi) is 3.94. The molecular weight excluding hydrogens is 291 g/mol. The molecule has 0 saturated heterocycles. The normalized spacial score (nSPS) is 12.5. The van der Waals surface area contributed by atoms with Gasteiger partial charge in [0.05, 0.1) is 11.1 Å². The molecule has 1 aromatic heterocycles. The number of alkyl halides is 3. The van der Waals surface area contributed by atoms with Gasteiger partial charge in [-0.05, 0) is 44.9 Å². The third kappa shape index (κ3) is 2.93. The highest BCUT2D eigenvalue weighted by Crippen LogP contribution is 2.36. The van der Waals surface area contributed by atoms with Crippen LogP contribution in [0, 0.1) is 6.92 Å². The Hall–Kier alpha value is -2.04. The minimum Gasteiger partial charge on any atom is -0.310 e. The van der Waals surface area contributed by atoms with Crippen molar-refractivity contribution in [1.29, 1.82) is 0 Å². The molecule has 22 heavy (non-hydrogen) atoms. The predicted molar refractivity (Wildman–Crippen MR) is 80.9 cm³/mol. The minimum absolute atomic E-state index is 0.289. The average molecular weight is 309 g/mol. The van der Waals surface area contributed by atoms with Gasteiger partial charge in [0.1, 0.15) is 0 Å². The van der Waals surface area contributed by atoms with Gasteiger partial charge < -0.3 is 4.57 Å². The van der Waals surface area contributed by atoms with Crippen molar-refractivity contribution >= 4 is 0 Å². The first kappa shape index (κ1) is 16.3. The van der Waals surface area contributed by atoms with Crippen LogP contribution >= 0.6 is 0 Å². The van der Waals surface area contributed by atoms with E-state index in [0.717, 1.165) is 6.07 Å². The van der Waals surface area contributed by atoms with E-state index in [1.54, 1.807) is 52.0 Å². The van der Waals surface area contributed by atoms with Gasteiger partial charge in [-0.3, -0.25) is 4.79 Å². The maximum atomic E-state index is 13.3. The first-order valence-electron chi connectivity index (χ1n) is 6.93. The SMILES string of the molecule is Cc1ccccc1-c1c(C(F)(F)F)ccn(C(C)(C)C)c1=O. The molecule has 1 aromatic carbocycles. The fourth-order valence-electron chi connectivity index (χ4n) is 2.41. The summed E-state index contributed by atoms with van der Waals surface area (Å²) in [6.07, 6.45) is -3.36. The van der Waals surface area contributed by atoms with Crippen molar-refractivity contribution in [1.82, 2.24) is 4.57 Å². The van der Waals surface area contributed by atoms with Crippen LogP contribution in [-0.2, 0) is 11.7 Å². The number of benzene rings is 1. The van der Waals surface area contributed by atoms with Crippen LogP contribution in [-0.4, -0.2) is 4.57 Å². The van der Waals surface area contributed by atoms with Crippen LogP contribution in [0.5, 0.6) is 0 Å². The van der Waals surface area contributed by atoms with Gasteiger partial charge >= 0.3 is 6.18 Å². The van der Waals surface area contributed by atoms with E-state index in [9.17, 15) is 18.0 Å². The third-order valence-electron chi connectivity index (χ3n) is 3.53. The Morgan fingerprint density at radius 3 is 2.09 bits per heavy atom. The molecule has 0 unspecified atom stereocenters. The molecule has 0 spiro atoms. The molecule has 0 aliphatic carbocycles. The molecule has 2 rings (SSSR count). The number of nitrogens with zero attached hydrogens (tertiary/aromatic N) is 1. The van der Waals surface area contributed by atoms with Crippen LogP contribution in [0.25, 0.3) is 11.1 Å². The highest BCUT2D eigenvalue weighted by molar-refractivity contribution is 5.70.